The molecular formula is C21H36N2O. The van der Waals surface area contributed by atoms with Crippen LogP contribution in [0.3, 0.4) is 0 Å². The SMILES string of the molecule is CCCCN1c2cc(OC)c(CNC(C)C)cc2[C@@H](C)CC1(C)C. The van der Waals surface area contributed by atoms with E-state index in [1.54, 1.807) is 7.11 Å². The monoisotopic (exact) mass is 332 g/mol. The minimum Gasteiger partial charge on any atom is -0.496 e. The van der Waals surface area contributed by atoms with Crippen molar-refractivity contribution in [3.8, 4) is 5.75 Å². The molecule has 0 radical (unpaired) electrons. The number of hydrogen-bond acceptors (Lipinski definition) is 3. The van der Waals surface area contributed by atoms with E-state index in [-0.39, 0.29) is 5.54 Å². The minimum atomic E-state index is 0.199. The lowest BCUT2D eigenvalue weighted by molar-refractivity contribution is 0.369. The van der Waals surface area contributed by atoms with Gasteiger partial charge in [0.15, 0.2) is 0 Å². The number of benzene rings is 1. The summed E-state index contributed by atoms with van der Waals surface area (Å²) >= 11 is 0. The van der Waals surface area contributed by atoms with E-state index in [0.29, 0.717) is 12.0 Å². The van der Waals surface area contributed by atoms with E-state index in [2.05, 4.69) is 63.9 Å². The fourth-order valence-electron chi connectivity index (χ4n) is 3.94. The topological polar surface area (TPSA) is 24.5 Å². The highest BCUT2D eigenvalue weighted by Gasteiger charge is 2.36. The molecule has 3 heteroatoms. The highest BCUT2D eigenvalue weighted by Crippen LogP contribution is 2.45. The molecule has 0 saturated heterocycles. The molecule has 0 amide bonds. The second-order valence-electron chi connectivity index (χ2n) is 8.18. The van der Waals surface area contributed by atoms with Crippen molar-refractivity contribution in [2.45, 2.75) is 84.8 Å². The van der Waals surface area contributed by atoms with E-state index in [0.717, 1.165) is 18.8 Å². The van der Waals surface area contributed by atoms with Crippen molar-refractivity contribution in [3.05, 3.63) is 23.3 Å². The molecule has 0 unspecified atom stereocenters. The van der Waals surface area contributed by atoms with E-state index < -0.39 is 0 Å². The molecule has 0 saturated carbocycles. The molecule has 1 N–H and O–H groups in total. The Labute approximate surface area is 148 Å². The molecule has 1 atom stereocenters. The van der Waals surface area contributed by atoms with Crippen molar-refractivity contribution in [2.24, 2.45) is 0 Å². The number of methoxy groups -OCH3 is 1. The third kappa shape index (κ3) is 4.05. The maximum atomic E-state index is 5.73. The van der Waals surface area contributed by atoms with Gasteiger partial charge in [-0.25, -0.2) is 0 Å². The van der Waals surface area contributed by atoms with E-state index >= 15 is 0 Å². The van der Waals surface area contributed by atoms with E-state index in [1.165, 1.54) is 36.1 Å². The first kappa shape index (κ1) is 19.1. The van der Waals surface area contributed by atoms with Crippen LogP contribution in [0.15, 0.2) is 12.1 Å². The second kappa shape index (κ2) is 7.77. The van der Waals surface area contributed by atoms with Crippen molar-refractivity contribution in [3.63, 3.8) is 0 Å². The molecule has 0 aliphatic carbocycles. The summed E-state index contributed by atoms with van der Waals surface area (Å²) in [6.45, 7) is 15.7. The Morgan fingerprint density at radius 3 is 2.62 bits per heavy atom. The highest BCUT2D eigenvalue weighted by atomic mass is 16.5. The van der Waals surface area contributed by atoms with E-state index in [9.17, 15) is 0 Å². The van der Waals surface area contributed by atoms with Crippen LogP contribution in [0.2, 0.25) is 0 Å². The molecule has 0 bridgehead atoms. The first-order valence-corrected chi connectivity index (χ1v) is 9.52. The first-order chi connectivity index (χ1) is 11.3. The van der Waals surface area contributed by atoms with Gasteiger partial charge in [0.05, 0.1) is 7.11 Å². The molecule has 1 aromatic carbocycles. The molecule has 1 aliphatic rings. The lowest BCUT2D eigenvalue weighted by Gasteiger charge is -2.48. The van der Waals surface area contributed by atoms with Crippen LogP contribution in [0, 0.1) is 0 Å². The van der Waals surface area contributed by atoms with Gasteiger partial charge in [0.2, 0.25) is 0 Å². The van der Waals surface area contributed by atoms with Crippen LogP contribution in [0.1, 0.15) is 77.8 Å². The highest BCUT2D eigenvalue weighted by molar-refractivity contribution is 5.64. The molecule has 1 heterocycles. The smallest absolute Gasteiger partial charge is 0.125 e. The summed E-state index contributed by atoms with van der Waals surface area (Å²) in [5.74, 6) is 1.59. The number of fused-ring (bicyclic) bond motifs is 1. The largest absolute Gasteiger partial charge is 0.496 e. The standard InChI is InChI=1S/C21H36N2O/c1-8-9-10-23-19-12-20(24-7)17(14-22-15(2)3)11-18(19)16(4)13-21(23,5)6/h11-12,15-16,22H,8-10,13-14H2,1-7H3/t16-/m0/s1. The average Bonchev–Trinajstić information content (AvgIpc) is 2.51. The van der Waals surface area contributed by atoms with Gasteiger partial charge in [-0.1, -0.05) is 34.1 Å². The molecule has 0 spiro atoms. The van der Waals surface area contributed by atoms with Crippen LogP contribution in [0.4, 0.5) is 5.69 Å². The molecule has 136 valence electrons. The number of nitrogens with zero attached hydrogens (tertiary/aromatic N) is 1. The van der Waals surface area contributed by atoms with Gasteiger partial charge < -0.3 is 15.0 Å². The van der Waals surface area contributed by atoms with E-state index in [1.807, 2.05) is 0 Å². The zero-order valence-corrected chi connectivity index (χ0v) is 16.7. The molecule has 1 aliphatic heterocycles. The number of nitrogens with one attached hydrogen (secondary N) is 1. The third-order valence-electron chi connectivity index (χ3n) is 5.22. The number of unbranched alkanes of at least 4 members (excludes halogenated alkanes) is 1. The lowest BCUT2D eigenvalue weighted by Crippen LogP contribution is -2.48. The van der Waals surface area contributed by atoms with Crippen LogP contribution < -0.4 is 15.0 Å². The van der Waals surface area contributed by atoms with Gasteiger partial charge >= 0.3 is 0 Å². The van der Waals surface area contributed by atoms with Crippen LogP contribution in [0.25, 0.3) is 0 Å². The van der Waals surface area contributed by atoms with Gasteiger partial charge in [-0.3, -0.25) is 0 Å². The number of ether oxygens (including phenoxy) is 1. The Kier molecular flexibility index (Phi) is 6.19. The van der Waals surface area contributed by atoms with Crippen molar-refractivity contribution < 1.29 is 4.74 Å². The van der Waals surface area contributed by atoms with Gasteiger partial charge in [-0.15, -0.1) is 0 Å². The van der Waals surface area contributed by atoms with Crippen molar-refractivity contribution >= 4 is 5.69 Å². The molecule has 2 rings (SSSR count). The van der Waals surface area contributed by atoms with Crippen LogP contribution in [-0.2, 0) is 6.54 Å². The van der Waals surface area contributed by atoms with Crippen LogP contribution in [-0.4, -0.2) is 25.2 Å². The zero-order chi connectivity index (χ0) is 17.9. The summed E-state index contributed by atoms with van der Waals surface area (Å²) < 4.78 is 5.73. The Morgan fingerprint density at radius 2 is 2.04 bits per heavy atom. The van der Waals surface area contributed by atoms with Crippen molar-refractivity contribution in [2.75, 3.05) is 18.6 Å². The minimum absolute atomic E-state index is 0.199. The average molecular weight is 333 g/mol. The summed E-state index contributed by atoms with van der Waals surface area (Å²) in [5.41, 5.74) is 4.32. The van der Waals surface area contributed by atoms with Crippen molar-refractivity contribution in [1.29, 1.82) is 0 Å². The summed E-state index contributed by atoms with van der Waals surface area (Å²) in [5, 5.41) is 3.53. The Balaban J connectivity index is 2.44. The quantitative estimate of drug-likeness (QED) is 0.753. The van der Waals surface area contributed by atoms with Crippen molar-refractivity contribution in [1.82, 2.24) is 5.32 Å². The first-order valence-electron chi connectivity index (χ1n) is 9.52. The second-order valence-corrected chi connectivity index (χ2v) is 8.18. The molecule has 24 heavy (non-hydrogen) atoms. The molecule has 3 nitrogen and oxygen atoms in total. The van der Waals surface area contributed by atoms with Crippen LogP contribution in [0.5, 0.6) is 5.75 Å². The molecule has 0 fully saturated rings. The van der Waals surface area contributed by atoms with E-state index in [4.69, 9.17) is 4.74 Å². The fourth-order valence-corrected chi connectivity index (χ4v) is 3.94. The lowest BCUT2D eigenvalue weighted by atomic mass is 9.79. The molecule has 0 aromatic heterocycles. The third-order valence-corrected chi connectivity index (χ3v) is 5.22. The summed E-state index contributed by atoms with van der Waals surface area (Å²) in [4.78, 5) is 2.61. The zero-order valence-electron chi connectivity index (χ0n) is 16.7. The van der Waals surface area contributed by atoms with Gasteiger partial charge in [-0.05, 0) is 44.2 Å². The van der Waals surface area contributed by atoms with Gasteiger partial charge in [-0.2, -0.15) is 0 Å². The maximum Gasteiger partial charge on any atom is 0.125 e. The number of rotatable bonds is 7. The Bertz CT molecular complexity index is 551. The molecular weight excluding hydrogens is 296 g/mol. The fraction of sp³-hybridized carbons (Fsp3) is 0.714. The Hall–Kier alpha value is -1.22. The normalized spacial score (nSPS) is 19.5. The summed E-state index contributed by atoms with van der Waals surface area (Å²) in [7, 11) is 1.79. The summed E-state index contributed by atoms with van der Waals surface area (Å²) in [6, 6.07) is 5.13. The van der Waals surface area contributed by atoms with Crippen LogP contribution >= 0.6 is 0 Å². The van der Waals surface area contributed by atoms with Gasteiger partial charge in [0.1, 0.15) is 5.75 Å². The number of hydrogen-bond donors (Lipinski definition) is 1. The van der Waals surface area contributed by atoms with Gasteiger partial charge in [0.25, 0.3) is 0 Å². The maximum absolute atomic E-state index is 5.73. The van der Waals surface area contributed by atoms with Gasteiger partial charge in [0, 0.05) is 42.0 Å². The Morgan fingerprint density at radius 1 is 1.33 bits per heavy atom. The molecule has 1 aromatic rings. The number of anilines is 1. The predicted molar refractivity (Wildman–Crippen MR) is 104 cm³/mol. The summed E-state index contributed by atoms with van der Waals surface area (Å²) in [6.07, 6.45) is 3.66. The predicted octanol–water partition coefficient (Wildman–Crippen LogP) is 5.09.